The number of hydrogen-bond acceptors (Lipinski definition) is 3. The van der Waals surface area contributed by atoms with Crippen LogP contribution in [0.15, 0.2) is 29.2 Å². The number of anilines is 1. The molecule has 1 aromatic carbocycles. The fraction of sp³-hybridized carbons (Fsp3) is 0.588. The van der Waals surface area contributed by atoms with Crippen LogP contribution in [0.4, 0.5) is 14.5 Å². The van der Waals surface area contributed by atoms with Gasteiger partial charge in [0, 0.05) is 10.9 Å². The first-order valence-electron chi connectivity index (χ1n) is 8.01. The highest BCUT2D eigenvalue weighted by Gasteiger charge is 2.16. The van der Waals surface area contributed by atoms with Gasteiger partial charge in [0.1, 0.15) is 0 Å². The van der Waals surface area contributed by atoms with E-state index < -0.39 is 5.76 Å². The normalized spacial score (nSPS) is 11.5. The van der Waals surface area contributed by atoms with Gasteiger partial charge in [-0.1, -0.05) is 43.7 Å². The molecule has 3 nitrogen and oxygen atoms in total. The molecule has 23 heavy (non-hydrogen) atoms. The Hall–Kier alpha value is -1.14. The van der Waals surface area contributed by atoms with Crippen molar-refractivity contribution in [1.82, 2.24) is 4.90 Å². The van der Waals surface area contributed by atoms with E-state index in [0.717, 1.165) is 25.8 Å². The van der Waals surface area contributed by atoms with Gasteiger partial charge in [0.15, 0.2) is 0 Å². The molecule has 0 aliphatic rings. The van der Waals surface area contributed by atoms with Gasteiger partial charge in [-0.05, 0) is 38.9 Å². The van der Waals surface area contributed by atoms with E-state index in [0.29, 0.717) is 22.3 Å². The lowest BCUT2D eigenvalue weighted by Crippen LogP contribution is -2.38. The van der Waals surface area contributed by atoms with Gasteiger partial charge in [-0.3, -0.25) is 9.69 Å². The maximum absolute atomic E-state index is 12.6. The van der Waals surface area contributed by atoms with E-state index in [1.165, 1.54) is 0 Å². The summed E-state index contributed by atoms with van der Waals surface area (Å²) in [6.45, 7) is 7.39. The van der Waals surface area contributed by atoms with Crippen molar-refractivity contribution in [3.8, 4) is 0 Å². The summed E-state index contributed by atoms with van der Waals surface area (Å²) >= 11 is 0.447. The molecule has 1 amide bonds. The first kappa shape index (κ1) is 19.9. The van der Waals surface area contributed by atoms with Crippen LogP contribution in [0.1, 0.15) is 40.0 Å². The maximum Gasteiger partial charge on any atom is 0.288 e. The number of alkyl halides is 2. The summed E-state index contributed by atoms with van der Waals surface area (Å²) in [7, 11) is 0. The number of carbonyl (C=O) groups excluding carboxylic acids is 1. The molecule has 0 aliphatic heterocycles. The van der Waals surface area contributed by atoms with Crippen LogP contribution in [-0.4, -0.2) is 35.7 Å². The molecular weight excluding hydrogens is 318 g/mol. The molecule has 0 aromatic heterocycles. The third-order valence-corrected chi connectivity index (χ3v) is 4.29. The zero-order valence-corrected chi connectivity index (χ0v) is 14.8. The van der Waals surface area contributed by atoms with Crippen LogP contribution >= 0.6 is 11.8 Å². The maximum atomic E-state index is 12.6. The molecule has 1 aromatic rings. The summed E-state index contributed by atoms with van der Waals surface area (Å²) in [5.41, 5.74) is 0.445. The topological polar surface area (TPSA) is 32.3 Å². The van der Waals surface area contributed by atoms with Crippen LogP contribution < -0.4 is 5.32 Å². The van der Waals surface area contributed by atoms with Gasteiger partial charge in [-0.2, -0.15) is 8.78 Å². The molecule has 6 heteroatoms. The third kappa shape index (κ3) is 7.79. The third-order valence-electron chi connectivity index (χ3n) is 3.50. The van der Waals surface area contributed by atoms with E-state index in [1.54, 1.807) is 24.3 Å². The Balaban J connectivity index is 2.64. The largest absolute Gasteiger partial charge is 0.324 e. The lowest BCUT2D eigenvalue weighted by molar-refractivity contribution is -0.117. The van der Waals surface area contributed by atoms with Gasteiger partial charge in [-0.15, -0.1) is 0 Å². The number of thioether (sulfide) groups is 1. The number of rotatable bonds is 10. The summed E-state index contributed by atoms with van der Waals surface area (Å²) in [5, 5.41) is 2.76. The molecule has 0 radical (unpaired) electrons. The molecular formula is C17H26F2N2OS. The number of nitrogens with one attached hydrogen (secondary N) is 1. The van der Waals surface area contributed by atoms with E-state index in [4.69, 9.17) is 0 Å². The van der Waals surface area contributed by atoms with Gasteiger partial charge in [-0.25, -0.2) is 0 Å². The fourth-order valence-corrected chi connectivity index (χ4v) is 2.82. The first-order chi connectivity index (χ1) is 10.9. The zero-order chi connectivity index (χ0) is 17.2. The van der Waals surface area contributed by atoms with Crippen LogP contribution in [-0.2, 0) is 4.79 Å². The Kier molecular flexibility index (Phi) is 9.17. The quantitative estimate of drug-likeness (QED) is 0.487. The highest BCUT2D eigenvalue weighted by molar-refractivity contribution is 7.99. The van der Waals surface area contributed by atoms with Crippen LogP contribution in [0, 0.1) is 0 Å². The van der Waals surface area contributed by atoms with Gasteiger partial charge in [0.25, 0.3) is 5.76 Å². The van der Waals surface area contributed by atoms with Crippen molar-refractivity contribution in [2.24, 2.45) is 0 Å². The van der Waals surface area contributed by atoms with Crippen molar-refractivity contribution < 1.29 is 13.6 Å². The predicted molar refractivity (Wildman–Crippen MR) is 93.2 cm³/mol. The van der Waals surface area contributed by atoms with Gasteiger partial charge in [0.05, 0.1) is 12.2 Å². The smallest absolute Gasteiger partial charge is 0.288 e. The van der Waals surface area contributed by atoms with Gasteiger partial charge in [0.2, 0.25) is 5.91 Å². The number of halogens is 2. The zero-order valence-electron chi connectivity index (χ0n) is 14.0. The number of carbonyl (C=O) groups is 1. The molecule has 130 valence electrons. The van der Waals surface area contributed by atoms with Crippen molar-refractivity contribution >= 4 is 23.4 Å². The number of hydrogen-bond donors (Lipinski definition) is 1. The Morgan fingerprint density at radius 2 is 1.96 bits per heavy atom. The second kappa shape index (κ2) is 10.6. The number of amides is 1. The Morgan fingerprint density at radius 3 is 2.57 bits per heavy atom. The lowest BCUT2D eigenvalue weighted by Gasteiger charge is -2.26. The predicted octanol–water partition coefficient (Wildman–Crippen LogP) is 4.84. The highest BCUT2D eigenvalue weighted by Crippen LogP contribution is 2.31. The Morgan fingerprint density at radius 1 is 1.26 bits per heavy atom. The van der Waals surface area contributed by atoms with Gasteiger partial charge < -0.3 is 5.32 Å². The minimum Gasteiger partial charge on any atom is -0.324 e. The molecule has 0 saturated carbocycles. The molecule has 0 bridgehead atoms. The van der Waals surface area contributed by atoms with Gasteiger partial charge >= 0.3 is 0 Å². The van der Waals surface area contributed by atoms with Crippen molar-refractivity contribution in [2.45, 2.75) is 56.7 Å². The molecule has 0 spiro atoms. The second-order valence-corrected chi connectivity index (χ2v) is 6.73. The highest BCUT2D eigenvalue weighted by atomic mass is 32.2. The molecule has 0 atom stereocenters. The standard InChI is InChI=1S/C17H26F2N2OS/c1-4-5-8-11-21(13(2)3)12-16(22)20-14-9-6-7-10-15(14)23-17(18)19/h6-7,9-10,13,17H,4-5,8,11-12H2,1-3H3,(H,20,22). The molecule has 1 N–H and O–H groups in total. The first-order valence-corrected chi connectivity index (χ1v) is 8.89. The van der Waals surface area contributed by atoms with Crippen molar-refractivity contribution in [3.05, 3.63) is 24.3 Å². The number of benzene rings is 1. The van der Waals surface area contributed by atoms with Crippen LogP contribution in [0.25, 0.3) is 0 Å². The molecule has 1 rings (SSSR count). The van der Waals surface area contributed by atoms with E-state index in [1.807, 2.05) is 0 Å². The molecule has 0 heterocycles. The summed E-state index contributed by atoms with van der Waals surface area (Å²) in [5.74, 6) is -2.67. The molecule has 0 saturated heterocycles. The monoisotopic (exact) mass is 344 g/mol. The van der Waals surface area contributed by atoms with E-state index >= 15 is 0 Å². The summed E-state index contributed by atoms with van der Waals surface area (Å²) in [6, 6.07) is 6.93. The Bertz CT molecular complexity index is 483. The van der Waals surface area contributed by atoms with Crippen LogP contribution in [0.2, 0.25) is 0 Å². The average Bonchev–Trinajstić information content (AvgIpc) is 2.47. The van der Waals surface area contributed by atoms with Crippen molar-refractivity contribution in [3.63, 3.8) is 0 Å². The summed E-state index contributed by atoms with van der Waals surface area (Å²) in [6.07, 6.45) is 3.33. The molecule has 0 aliphatic carbocycles. The fourth-order valence-electron chi connectivity index (χ4n) is 2.23. The average molecular weight is 344 g/mol. The van der Waals surface area contributed by atoms with E-state index in [-0.39, 0.29) is 18.5 Å². The summed E-state index contributed by atoms with van der Waals surface area (Å²) in [4.78, 5) is 14.7. The minimum atomic E-state index is -2.51. The van der Waals surface area contributed by atoms with Crippen LogP contribution in [0.3, 0.4) is 0 Å². The number of nitrogens with zero attached hydrogens (tertiary/aromatic N) is 1. The van der Waals surface area contributed by atoms with Crippen LogP contribution in [0.5, 0.6) is 0 Å². The van der Waals surface area contributed by atoms with E-state index in [9.17, 15) is 13.6 Å². The van der Waals surface area contributed by atoms with Crippen molar-refractivity contribution in [2.75, 3.05) is 18.4 Å². The number of unbranched alkanes of at least 4 members (excludes halogenated alkanes) is 2. The SMILES string of the molecule is CCCCCN(CC(=O)Nc1ccccc1SC(F)F)C(C)C. The molecule has 0 unspecified atom stereocenters. The Labute approximate surface area is 141 Å². The van der Waals surface area contributed by atoms with E-state index in [2.05, 4.69) is 31.0 Å². The summed E-state index contributed by atoms with van der Waals surface area (Å²) < 4.78 is 25.1. The second-order valence-electron chi connectivity index (χ2n) is 5.69. The number of para-hydroxylation sites is 1. The molecule has 0 fully saturated rings. The minimum absolute atomic E-state index is 0.169. The van der Waals surface area contributed by atoms with Crippen molar-refractivity contribution in [1.29, 1.82) is 0 Å². The lowest BCUT2D eigenvalue weighted by atomic mass is 10.2.